The number of ether oxygens (including phenoxy) is 3. The van der Waals surface area contributed by atoms with E-state index < -0.39 is 28.7 Å². The van der Waals surface area contributed by atoms with Gasteiger partial charge >= 0.3 is 17.9 Å². The molecule has 2 atom stereocenters. The van der Waals surface area contributed by atoms with Gasteiger partial charge in [0.25, 0.3) is 0 Å². The first-order valence-corrected chi connectivity index (χ1v) is 8.09. The zero-order valence-corrected chi connectivity index (χ0v) is 14.0. The molecule has 6 heteroatoms. The minimum Gasteiger partial charge on any atom is -0.465 e. The maximum atomic E-state index is 12.4. The van der Waals surface area contributed by atoms with Crippen molar-refractivity contribution < 1.29 is 28.6 Å². The van der Waals surface area contributed by atoms with Crippen LogP contribution in [0.15, 0.2) is 12.2 Å². The number of hydrogen-bond acceptors (Lipinski definition) is 6. The number of esters is 3. The largest absolute Gasteiger partial charge is 0.465 e. The van der Waals surface area contributed by atoms with Crippen molar-refractivity contribution in [3.63, 3.8) is 0 Å². The van der Waals surface area contributed by atoms with E-state index in [9.17, 15) is 14.4 Å². The molecule has 23 heavy (non-hydrogen) atoms. The summed E-state index contributed by atoms with van der Waals surface area (Å²) in [5.74, 6) is -1.53. The normalized spacial score (nSPS) is 26.8. The van der Waals surface area contributed by atoms with Gasteiger partial charge in [0.1, 0.15) is 0 Å². The Balaban J connectivity index is 2.25. The quantitative estimate of drug-likeness (QED) is 0.308. The second kappa shape index (κ2) is 6.34. The lowest BCUT2D eigenvalue weighted by Gasteiger charge is -2.27. The molecule has 0 saturated heterocycles. The van der Waals surface area contributed by atoms with Crippen LogP contribution in [0.5, 0.6) is 0 Å². The van der Waals surface area contributed by atoms with E-state index in [1.807, 2.05) is 0 Å². The van der Waals surface area contributed by atoms with Gasteiger partial charge in [-0.25, -0.2) is 4.79 Å². The van der Waals surface area contributed by atoms with Gasteiger partial charge in [0.05, 0.1) is 19.8 Å². The maximum absolute atomic E-state index is 12.4. The van der Waals surface area contributed by atoms with Crippen LogP contribution in [-0.4, -0.2) is 37.7 Å². The Morgan fingerprint density at radius 3 is 1.96 bits per heavy atom. The molecule has 0 radical (unpaired) electrons. The molecule has 0 amide bonds. The van der Waals surface area contributed by atoms with Gasteiger partial charge < -0.3 is 14.2 Å². The zero-order chi connectivity index (χ0) is 17.3. The van der Waals surface area contributed by atoms with Gasteiger partial charge in [-0.1, -0.05) is 6.58 Å². The Morgan fingerprint density at radius 2 is 1.48 bits per heavy atom. The predicted molar refractivity (Wildman–Crippen MR) is 81.2 cm³/mol. The van der Waals surface area contributed by atoms with Gasteiger partial charge in [0.15, 0.2) is 5.41 Å². The van der Waals surface area contributed by atoms with Crippen molar-refractivity contribution in [2.24, 2.45) is 16.7 Å². The molecule has 0 aromatic carbocycles. The third kappa shape index (κ3) is 2.75. The van der Waals surface area contributed by atoms with Gasteiger partial charge in [0, 0.05) is 11.0 Å². The molecule has 0 bridgehead atoms. The highest BCUT2D eigenvalue weighted by Crippen LogP contribution is 2.72. The van der Waals surface area contributed by atoms with Crippen molar-refractivity contribution in [2.75, 3.05) is 19.8 Å². The highest BCUT2D eigenvalue weighted by Gasteiger charge is 2.73. The van der Waals surface area contributed by atoms with Crippen molar-refractivity contribution in [2.45, 2.75) is 40.0 Å². The fraction of sp³-hybridized carbons (Fsp3) is 0.706. The molecule has 2 aliphatic rings. The van der Waals surface area contributed by atoms with Crippen molar-refractivity contribution in [3.8, 4) is 0 Å². The molecule has 2 aliphatic carbocycles. The smallest absolute Gasteiger partial charge is 0.333 e. The molecule has 0 heterocycles. The van der Waals surface area contributed by atoms with Gasteiger partial charge in [-0.15, -0.1) is 0 Å². The topological polar surface area (TPSA) is 78.9 Å². The Bertz CT molecular complexity index is 519. The second-order valence-electron chi connectivity index (χ2n) is 6.16. The van der Waals surface area contributed by atoms with Crippen molar-refractivity contribution in [1.82, 2.24) is 0 Å². The molecule has 0 spiro atoms. The van der Waals surface area contributed by atoms with E-state index in [1.54, 1.807) is 20.8 Å². The van der Waals surface area contributed by atoms with E-state index in [0.717, 1.165) is 6.42 Å². The summed E-state index contributed by atoms with van der Waals surface area (Å²) in [4.78, 5) is 36.9. The Kier molecular flexibility index (Phi) is 4.82. The Labute approximate surface area is 136 Å². The number of carbonyl (C=O) groups is 3. The molecule has 0 aromatic rings. The van der Waals surface area contributed by atoms with E-state index in [2.05, 4.69) is 6.58 Å². The standard InChI is InChI=1S/C17H24O6/c1-5-21-13(18)11(4)16-8-12(16)9-17(10-16,14(19)22-6-2)15(20)23-7-3/h12H,4-10H2,1-3H3. The average Bonchev–Trinajstić information content (AvgIpc) is 3.09. The van der Waals surface area contributed by atoms with Crippen LogP contribution in [0, 0.1) is 16.7 Å². The van der Waals surface area contributed by atoms with Crippen LogP contribution in [0.4, 0.5) is 0 Å². The van der Waals surface area contributed by atoms with Crippen LogP contribution < -0.4 is 0 Å². The molecule has 0 N–H and O–H groups in total. The Hall–Kier alpha value is -1.85. The molecule has 2 fully saturated rings. The molecular weight excluding hydrogens is 300 g/mol. The number of carbonyl (C=O) groups excluding carboxylic acids is 3. The van der Waals surface area contributed by atoms with Crippen LogP contribution in [0.3, 0.4) is 0 Å². The third-order valence-corrected chi connectivity index (χ3v) is 4.90. The molecule has 128 valence electrons. The lowest BCUT2D eigenvalue weighted by Crippen LogP contribution is -2.42. The lowest BCUT2D eigenvalue weighted by atomic mass is 9.79. The van der Waals surface area contributed by atoms with Gasteiger partial charge in [-0.2, -0.15) is 0 Å². The van der Waals surface area contributed by atoms with Gasteiger partial charge in [0.2, 0.25) is 0 Å². The van der Waals surface area contributed by atoms with Gasteiger partial charge in [-0.05, 0) is 46.0 Å². The van der Waals surface area contributed by atoms with Crippen molar-refractivity contribution >= 4 is 17.9 Å². The van der Waals surface area contributed by atoms with E-state index in [1.165, 1.54) is 0 Å². The Morgan fingerprint density at radius 1 is 0.957 bits per heavy atom. The average molecular weight is 324 g/mol. The SMILES string of the molecule is C=C(C(=O)OCC)C12CC1CC(C(=O)OCC)(C(=O)OCC)C2. The van der Waals surface area contributed by atoms with Gasteiger partial charge in [-0.3, -0.25) is 9.59 Å². The van der Waals surface area contributed by atoms with Crippen LogP contribution >= 0.6 is 0 Å². The van der Waals surface area contributed by atoms with Crippen molar-refractivity contribution in [3.05, 3.63) is 12.2 Å². The number of hydrogen-bond donors (Lipinski definition) is 0. The van der Waals surface area contributed by atoms with E-state index in [0.29, 0.717) is 12.0 Å². The van der Waals surface area contributed by atoms with E-state index in [-0.39, 0.29) is 32.2 Å². The third-order valence-electron chi connectivity index (χ3n) is 4.90. The summed E-state index contributed by atoms with van der Waals surface area (Å²) >= 11 is 0. The summed E-state index contributed by atoms with van der Waals surface area (Å²) in [6.45, 7) is 9.63. The lowest BCUT2D eigenvalue weighted by molar-refractivity contribution is -0.173. The molecule has 2 unspecified atom stereocenters. The summed E-state index contributed by atoms with van der Waals surface area (Å²) in [6, 6.07) is 0. The first-order valence-electron chi connectivity index (χ1n) is 8.09. The monoisotopic (exact) mass is 324 g/mol. The molecule has 6 nitrogen and oxygen atoms in total. The molecule has 0 aromatic heterocycles. The van der Waals surface area contributed by atoms with Crippen LogP contribution in [-0.2, 0) is 28.6 Å². The fourth-order valence-corrected chi connectivity index (χ4v) is 3.73. The van der Waals surface area contributed by atoms with E-state index in [4.69, 9.17) is 14.2 Å². The van der Waals surface area contributed by atoms with Crippen LogP contribution in [0.1, 0.15) is 40.0 Å². The first-order chi connectivity index (χ1) is 10.9. The number of rotatable bonds is 7. The highest BCUT2D eigenvalue weighted by molar-refractivity contribution is 6.02. The fourth-order valence-electron chi connectivity index (χ4n) is 3.73. The van der Waals surface area contributed by atoms with Crippen LogP contribution in [0.2, 0.25) is 0 Å². The molecule has 2 saturated carbocycles. The summed E-state index contributed by atoms with van der Waals surface area (Å²) in [5.41, 5.74) is -1.52. The first kappa shape index (κ1) is 17.5. The zero-order valence-electron chi connectivity index (χ0n) is 14.0. The minimum atomic E-state index is -1.33. The summed E-state index contributed by atoms with van der Waals surface area (Å²) < 4.78 is 15.2. The second-order valence-corrected chi connectivity index (χ2v) is 6.16. The number of fused-ring (bicyclic) bond motifs is 1. The summed E-state index contributed by atoms with van der Waals surface area (Å²) in [7, 11) is 0. The van der Waals surface area contributed by atoms with E-state index >= 15 is 0 Å². The highest BCUT2D eigenvalue weighted by atomic mass is 16.6. The summed E-state index contributed by atoms with van der Waals surface area (Å²) in [6.07, 6.45) is 1.29. The minimum absolute atomic E-state index is 0.0632. The molecular formula is C17H24O6. The molecule has 0 aliphatic heterocycles. The summed E-state index contributed by atoms with van der Waals surface area (Å²) in [5, 5.41) is 0. The van der Waals surface area contributed by atoms with Crippen molar-refractivity contribution in [1.29, 1.82) is 0 Å². The predicted octanol–water partition coefficient (Wildman–Crippen LogP) is 2.02. The maximum Gasteiger partial charge on any atom is 0.333 e. The van der Waals surface area contributed by atoms with Crippen LogP contribution in [0.25, 0.3) is 0 Å². The molecule has 2 rings (SSSR count).